The van der Waals surface area contributed by atoms with E-state index in [-0.39, 0.29) is 17.1 Å². The van der Waals surface area contributed by atoms with E-state index in [1.54, 1.807) is 0 Å². The van der Waals surface area contributed by atoms with Gasteiger partial charge in [0.15, 0.2) is 0 Å². The Morgan fingerprint density at radius 1 is 1.11 bits per heavy atom. The molecule has 0 aliphatic heterocycles. The molecule has 1 aromatic carbocycles. The van der Waals surface area contributed by atoms with Gasteiger partial charge in [0, 0.05) is 18.5 Å². The second kappa shape index (κ2) is 5.80. The normalized spacial score (nSPS) is 11.1. The molecule has 0 saturated carbocycles. The van der Waals surface area contributed by atoms with Gasteiger partial charge >= 0.3 is 0 Å². The molecule has 1 aromatic rings. The van der Waals surface area contributed by atoms with E-state index in [1.165, 1.54) is 12.5 Å². The van der Waals surface area contributed by atoms with Crippen molar-refractivity contribution in [3.63, 3.8) is 0 Å². The maximum atomic E-state index is 11.8. The van der Waals surface area contributed by atoms with Crippen molar-refractivity contribution in [1.82, 2.24) is 5.32 Å². The first-order chi connectivity index (χ1) is 8.30. The molecule has 0 aliphatic carbocycles. The van der Waals surface area contributed by atoms with Crippen molar-refractivity contribution in [3.8, 4) is 0 Å². The predicted molar refractivity (Wildman–Crippen MR) is 72.8 cm³/mol. The van der Waals surface area contributed by atoms with Crippen LogP contribution in [-0.4, -0.2) is 18.2 Å². The van der Waals surface area contributed by atoms with Crippen molar-refractivity contribution >= 4 is 11.7 Å². The van der Waals surface area contributed by atoms with Gasteiger partial charge in [0.2, 0.25) is 0 Å². The second-order valence-corrected chi connectivity index (χ2v) is 5.54. The SMILES string of the molecule is CC(=O)CCNC(=O)c1ccc(C(C)(C)C)cc1. The lowest BCUT2D eigenvalue weighted by Crippen LogP contribution is -2.25. The van der Waals surface area contributed by atoms with Gasteiger partial charge in [-0.15, -0.1) is 0 Å². The Bertz CT molecular complexity index is 427. The van der Waals surface area contributed by atoms with E-state index in [0.717, 1.165) is 0 Å². The number of benzene rings is 1. The van der Waals surface area contributed by atoms with Crippen molar-refractivity contribution in [2.75, 3.05) is 6.54 Å². The van der Waals surface area contributed by atoms with Crippen LogP contribution in [0.15, 0.2) is 24.3 Å². The predicted octanol–water partition coefficient (Wildman–Crippen LogP) is 2.69. The fourth-order valence-corrected chi connectivity index (χ4v) is 1.58. The number of hydrogen-bond donors (Lipinski definition) is 1. The molecule has 3 heteroatoms. The zero-order valence-corrected chi connectivity index (χ0v) is 11.5. The highest BCUT2D eigenvalue weighted by molar-refractivity contribution is 5.94. The monoisotopic (exact) mass is 247 g/mol. The van der Waals surface area contributed by atoms with Gasteiger partial charge < -0.3 is 5.32 Å². The van der Waals surface area contributed by atoms with E-state index in [9.17, 15) is 9.59 Å². The first-order valence-corrected chi connectivity index (χ1v) is 6.19. The van der Waals surface area contributed by atoms with Crippen molar-refractivity contribution in [2.45, 2.75) is 39.5 Å². The topological polar surface area (TPSA) is 46.2 Å². The second-order valence-electron chi connectivity index (χ2n) is 5.54. The standard InChI is InChI=1S/C15H21NO2/c1-11(17)9-10-16-14(18)12-5-7-13(8-6-12)15(2,3)4/h5-8H,9-10H2,1-4H3,(H,16,18). The van der Waals surface area contributed by atoms with Gasteiger partial charge in [-0.1, -0.05) is 32.9 Å². The number of hydrogen-bond acceptors (Lipinski definition) is 2. The zero-order valence-electron chi connectivity index (χ0n) is 11.5. The van der Waals surface area contributed by atoms with Crippen LogP contribution in [0.4, 0.5) is 0 Å². The van der Waals surface area contributed by atoms with Crippen molar-refractivity contribution in [3.05, 3.63) is 35.4 Å². The lowest BCUT2D eigenvalue weighted by Gasteiger charge is -2.19. The third-order valence-electron chi connectivity index (χ3n) is 2.78. The van der Waals surface area contributed by atoms with Crippen LogP contribution >= 0.6 is 0 Å². The van der Waals surface area contributed by atoms with Crippen LogP contribution in [0.1, 0.15) is 50.0 Å². The third-order valence-corrected chi connectivity index (χ3v) is 2.78. The van der Waals surface area contributed by atoms with Crippen LogP contribution in [0.25, 0.3) is 0 Å². The van der Waals surface area contributed by atoms with Gasteiger partial charge in [0.1, 0.15) is 5.78 Å². The number of carbonyl (C=O) groups is 2. The molecular weight excluding hydrogens is 226 g/mol. The highest BCUT2D eigenvalue weighted by Gasteiger charge is 2.14. The largest absolute Gasteiger partial charge is 0.352 e. The first-order valence-electron chi connectivity index (χ1n) is 6.19. The lowest BCUT2D eigenvalue weighted by molar-refractivity contribution is -0.116. The molecule has 1 N–H and O–H groups in total. The molecule has 3 nitrogen and oxygen atoms in total. The summed E-state index contributed by atoms with van der Waals surface area (Å²) in [4.78, 5) is 22.5. The minimum atomic E-state index is -0.128. The Labute approximate surface area is 109 Å². The minimum Gasteiger partial charge on any atom is -0.352 e. The minimum absolute atomic E-state index is 0.0818. The van der Waals surface area contributed by atoms with E-state index in [1.807, 2.05) is 24.3 Å². The molecule has 0 spiro atoms. The summed E-state index contributed by atoms with van der Waals surface area (Å²) < 4.78 is 0. The maximum Gasteiger partial charge on any atom is 0.251 e. The summed E-state index contributed by atoms with van der Waals surface area (Å²) in [5.41, 5.74) is 1.92. The molecule has 0 aliphatic rings. The first kappa shape index (κ1) is 14.4. The Morgan fingerprint density at radius 3 is 2.11 bits per heavy atom. The molecule has 98 valence electrons. The molecule has 0 saturated heterocycles. The summed E-state index contributed by atoms with van der Waals surface area (Å²) in [5.74, 6) is -0.0462. The molecule has 0 aromatic heterocycles. The molecule has 0 unspecified atom stereocenters. The Balaban J connectivity index is 2.62. The smallest absolute Gasteiger partial charge is 0.251 e. The summed E-state index contributed by atoms with van der Waals surface area (Å²) in [5, 5.41) is 2.73. The summed E-state index contributed by atoms with van der Waals surface area (Å²) in [6.07, 6.45) is 0.381. The van der Waals surface area contributed by atoms with Gasteiger partial charge in [0.25, 0.3) is 5.91 Å². The van der Waals surface area contributed by atoms with Crippen LogP contribution in [0.5, 0.6) is 0 Å². The summed E-state index contributed by atoms with van der Waals surface area (Å²) >= 11 is 0. The van der Waals surface area contributed by atoms with Crippen LogP contribution in [0.2, 0.25) is 0 Å². The van der Waals surface area contributed by atoms with Gasteiger partial charge in [-0.25, -0.2) is 0 Å². The number of rotatable bonds is 4. The van der Waals surface area contributed by atoms with Gasteiger partial charge in [-0.3, -0.25) is 9.59 Å². The molecule has 0 fully saturated rings. The van der Waals surface area contributed by atoms with Crippen LogP contribution < -0.4 is 5.32 Å². The lowest BCUT2D eigenvalue weighted by atomic mass is 9.87. The number of ketones is 1. The molecule has 0 heterocycles. The molecular formula is C15H21NO2. The average Bonchev–Trinajstić information content (AvgIpc) is 2.27. The number of carbonyl (C=O) groups excluding carboxylic acids is 2. The molecule has 1 amide bonds. The van der Waals surface area contributed by atoms with E-state index < -0.39 is 0 Å². The number of Topliss-reactive ketones (excluding diaryl/α,β-unsaturated/α-hetero) is 1. The van der Waals surface area contributed by atoms with Crippen LogP contribution in [-0.2, 0) is 10.2 Å². The molecule has 1 rings (SSSR count). The molecule has 18 heavy (non-hydrogen) atoms. The highest BCUT2D eigenvalue weighted by atomic mass is 16.1. The summed E-state index contributed by atoms with van der Waals surface area (Å²) in [7, 11) is 0. The maximum absolute atomic E-state index is 11.8. The van der Waals surface area contributed by atoms with E-state index >= 15 is 0 Å². The quantitative estimate of drug-likeness (QED) is 0.889. The highest BCUT2D eigenvalue weighted by Crippen LogP contribution is 2.22. The summed E-state index contributed by atoms with van der Waals surface area (Å²) in [6, 6.07) is 7.59. The van der Waals surface area contributed by atoms with Gasteiger partial charge in [0.05, 0.1) is 0 Å². The Kier molecular flexibility index (Phi) is 4.65. The fraction of sp³-hybridized carbons (Fsp3) is 0.467. The Morgan fingerprint density at radius 2 is 1.67 bits per heavy atom. The number of amides is 1. The van der Waals surface area contributed by atoms with Crippen molar-refractivity contribution in [1.29, 1.82) is 0 Å². The van der Waals surface area contributed by atoms with E-state index in [4.69, 9.17) is 0 Å². The van der Waals surface area contributed by atoms with Gasteiger partial charge in [-0.2, -0.15) is 0 Å². The zero-order chi connectivity index (χ0) is 13.8. The third kappa shape index (κ3) is 4.32. The van der Waals surface area contributed by atoms with Crippen molar-refractivity contribution < 1.29 is 9.59 Å². The average molecular weight is 247 g/mol. The van der Waals surface area contributed by atoms with Gasteiger partial charge in [-0.05, 0) is 30.0 Å². The summed E-state index contributed by atoms with van der Waals surface area (Å²) in [6.45, 7) is 8.32. The fourth-order valence-electron chi connectivity index (χ4n) is 1.58. The number of nitrogens with one attached hydrogen (secondary N) is 1. The van der Waals surface area contributed by atoms with Crippen molar-refractivity contribution in [2.24, 2.45) is 0 Å². The molecule has 0 atom stereocenters. The molecule has 0 bridgehead atoms. The molecule has 0 radical (unpaired) electrons. The van der Waals surface area contributed by atoms with Crippen LogP contribution in [0.3, 0.4) is 0 Å². The van der Waals surface area contributed by atoms with E-state index in [2.05, 4.69) is 26.1 Å². The van der Waals surface area contributed by atoms with E-state index in [0.29, 0.717) is 18.5 Å². The Hall–Kier alpha value is -1.64. The van der Waals surface area contributed by atoms with Crippen LogP contribution in [0, 0.1) is 0 Å².